The zero-order valence-corrected chi connectivity index (χ0v) is 8.15. The van der Waals surface area contributed by atoms with Gasteiger partial charge in [-0.3, -0.25) is 4.90 Å². The second-order valence-electron chi connectivity index (χ2n) is 4.44. The van der Waals surface area contributed by atoms with Crippen molar-refractivity contribution in [3.63, 3.8) is 0 Å². The average Bonchev–Trinajstić information content (AvgIpc) is 2.71. The van der Waals surface area contributed by atoms with E-state index in [2.05, 4.69) is 4.90 Å². The van der Waals surface area contributed by atoms with E-state index in [1.807, 2.05) is 0 Å². The molecule has 0 aromatic carbocycles. The molecule has 76 valence electrons. The van der Waals surface area contributed by atoms with E-state index in [1.54, 1.807) is 0 Å². The number of nitrogens with zero attached hydrogens (tertiary/aromatic N) is 1. The first-order chi connectivity index (χ1) is 6.31. The third kappa shape index (κ3) is 1.87. The van der Waals surface area contributed by atoms with Gasteiger partial charge in [-0.2, -0.15) is 0 Å². The first kappa shape index (κ1) is 9.44. The van der Waals surface area contributed by atoms with Crippen molar-refractivity contribution in [3.8, 4) is 0 Å². The van der Waals surface area contributed by atoms with E-state index < -0.39 is 0 Å². The minimum atomic E-state index is 0.325. The van der Waals surface area contributed by atoms with Crippen LogP contribution in [-0.4, -0.2) is 41.3 Å². The van der Waals surface area contributed by atoms with Gasteiger partial charge in [0.25, 0.3) is 0 Å². The van der Waals surface area contributed by atoms with Crippen LogP contribution in [0.2, 0.25) is 0 Å². The molecule has 13 heavy (non-hydrogen) atoms. The highest BCUT2D eigenvalue weighted by Crippen LogP contribution is 2.29. The number of likely N-dealkylation sites (tertiary alicyclic amines) is 1. The molecule has 2 aliphatic rings. The zero-order chi connectivity index (χ0) is 9.26. The number of hydrogen-bond acceptors (Lipinski definition) is 3. The molecule has 0 amide bonds. The molecule has 0 aromatic heterocycles. The maximum absolute atomic E-state index is 9.19. The lowest BCUT2D eigenvalue weighted by molar-refractivity contribution is 0.120. The van der Waals surface area contributed by atoms with Crippen LogP contribution in [0.1, 0.15) is 32.1 Å². The van der Waals surface area contributed by atoms with Gasteiger partial charge in [0.2, 0.25) is 0 Å². The number of nitrogens with two attached hydrogens (primary N) is 1. The van der Waals surface area contributed by atoms with E-state index >= 15 is 0 Å². The van der Waals surface area contributed by atoms with Gasteiger partial charge in [0.15, 0.2) is 0 Å². The van der Waals surface area contributed by atoms with E-state index in [0.717, 1.165) is 6.42 Å². The van der Waals surface area contributed by atoms with Crippen LogP contribution in [-0.2, 0) is 0 Å². The predicted octanol–water partition coefficient (Wildman–Crippen LogP) is 0.323. The van der Waals surface area contributed by atoms with Crippen molar-refractivity contribution in [3.05, 3.63) is 0 Å². The Kier molecular flexibility index (Phi) is 2.86. The fourth-order valence-corrected chi connectivity index (χ4v) is 2.83. The molecule has 1 aliphatic carbocycles. The molecule has 1 heterocycles. The molecular formula is C10H20N2O. The van der Waals surface area contributed by atoms with Gasteiger partial charge in [-0.1, -0.05) is 0 Å². The summed E-state index contributed by atoms with van der Waals surface area (Å²) in [7, 11) is 0. The molecule has 0 bridgehead atoms. The molecule has 3 unspecified atom stereocenters. The highest BCUT2D eigenvalue weighted by atomic mass is 16.3. The number of aliphatic hydroxyl groups is 1. The van der Waals surface area contributed by atoms with Crippen molar-refractivity contribution in [1.29, 1.82) is 0 Å². The molecule has 3 heteroatoms. The standard InChI is InChI=1S/C10H20N2O/c11-8-3-4-9(6-8)12-5-1-2-10(12)7-13/h8-10,13H,1-7,11H2. The van der Waals surface area contributed by atoms with Gasteiger partial charge in [0, 0.05) is 18.1 Å². The van der Waals surface area contributed by atoms with Crippen LogP contribution in [0.25, 0.3) is 0 Å². The van der Waals surface area contributed by atoms with Gasteiger partial charge >= 0.3 is 0 Å². The summed E-state index contributed by atoms with van der Waals surface area (Å²) in [6, 6.07) is 1.50. The predicted molar refractivity (Wildman–Crippen MR) is 52.4 cm³/mol. The maximum atomic E-state index is 9.19. The monoisotopic (exact) mass is 184 g/mol. The average molecular weight is 184 g/mol. The van der Waals surface area contributed by atoms with Gasteiger partial charge in [-0.15, -0.1) is 0 Å². The highest BCUT2D eigenvalue weighted by molar-refractivity contribution is 4.90. The summed E-state index contributed by atoms with van der Waals surface area (Å²) in [4.78, 5) is 2.48. The molecule has 2 rings (SSSR count). The zero-order valence-electron chi connectivity index (χ0n) is 8.15. The summed E-state index contributed by atoms with van der Waals surface area (Å²) in [6.07, 6.45) is 5.95. The third-order valence-electron chi connectivity index (χ3n) is 3.55. The fraction of sp³-hybridized carbons (Fsp3) is 1.00. The van der Waals surface area contributed by atoms with Crippen molar-refractivity contribution in [1.82, 2.24) is 4.90 Å². The third-order valence-corrected chi connectivity index (χ3v) is 3.55. The number of hydrogen-bond donors (Lipinski definition) is 2. The first-order valence-corrected chi connectivity index (χ1v) is 5.43. The smallest absolute Gasteiger partial charge is 0.0586 e. The summed E-state index contributed by atoms with van der Waals surface area (Å²) >= 11 is 0. The largest absolute Gasteiger partial charge is 0.395 e. The van der Waals surface area contributed by atoms with Gasteiger partial charge < -0.3 is 10.8 Å². The van der Waals surface area contributed by atoms with Crippen molar-refractivity contribution in [2.75, 3.05) is 13.2 Å². The Morgan fingerprint density at radius 3 is 2.77 bits per heavy atom. The van der Waals surface area contributed by atoms with E-state index in [-0.39, 0.29) is 0 Å². The van der Waals surface area contributed by atoms with Gasteiger partial charge in [0.1, 0.15) is 0 Å². The van der Waals surface area contributed by atoms with E-state index in [0.29, 0.717) is 24.7 Å². The Hall–Kier alpha value is -0.120. The van der Waals surface area contributed by atoms with Crippen LogP contribution in [0.4, 0.5) is 0 Å². The van der Waals surface area contributed by atoms with E-state index in [1.165, 1.54) is 32.2 Å². The molecule has 1 saturated carbocycles. The van der Waals surface area contributed by atoms with E-state index in [9.17, 15) is 5.11 Å². The summed E-state index contributed by atoms with van der Waals surface area (Å²) < 4.78 is 0. The van der Waals surface area contributed by atoms with Crippen molar-refractivity contribution < 1.29 is 5.11 Å². The van der Waals surface area contributed by atoms with Crippen LogP contribution in [0, 0.1) is 0 Å². The fourth-order valence-electron chi connectivity index (χ4n) is 2.83. The second-order valence-corrected chi connectivity index (χ2v) is 4.44. The van der Waals surface area contributed by atoms with Crippen LogP contribution >= 0.6 is 0 Å². The quantitative estimate of drug-likeness (QED) is 0.650. The molecule has 1 aliphatic heterocycles. The van der Waals surface area contributed by atoms with Crippen LogP contribution in [0.15, 0.2) is 0 Å². The van der Waals surface area contributed by atoms with Crippen molar-refractivity contribution in [2.24, 2.45) is 5.73 Å². The topological polar surface area (TPSA) is 49.5 Å². The Balaban J connectivity index is 1.92. The van der Waals surface area contributed by atoms with Gasteiger partial charge in [-0.05, 0) is 38.6 Å². The van der Waals surface area contributed by atoms with Gasteiger partial charge in [-0.25, -0.2) is 0 Å². The van der Waals surface area contributed by atoms with Crippen LogP contribution in [0.3, 0.4) is 0 Å². The molecule has 0 radical (unpaired) electrons. The summed E-state index contributed by atoms with van der Waals surface area (Å²) in [5.74, 6) is 0. The molecule has 3 N–H and O–H groups in total. The lowest BCUT2D eigenvalue weighted by Crippen LogP contribution is -2.40. The Morgan fingerprint density at radius 1 is 1.31 bits per heavy atom. The summed E-state index contributed by atoms with van der Waals surface area (Å²) in [5.41, 5.74) is 5.89. The Bertz CT molecular complexity index is 174. The molecule has 0 aromatic rings. The maximum Gasteiger partial charge on any atom is 0.0586 e. The lowest BCUT2D eigenvalue weighted by Gasteiger charge is -2.29. The Labute approximate surface area is 79.9 Å². The SMILES string of the molecule is NC1CCC(N2CCCC2CO)C1. The number of rotatable bonds is 2. The highest BCUT2D eigenvalue weighted by Gasteiger charge is 2.33. The lowest BCUT2D eigenvalue weighted by atomic mass is 10.1. The van der Waals surface area contributed by atoms with E-state index in [4.69, 9.17) is 5.73 Å². The minimum absolute atomic E-state index is 0.325. The molecule has 3 nitrogen and oxygen atoms in total. The van der Waals surface area contributed by atoms with Gasteiger partial charge in [0.05, 0.1) is 6.61 Å². The first-order valence-electron chi connectivity index (χ1n) is 5.43. The Morgan fingerprint density at radius 2 is 2.15 bits per heavy atom. The van der Waals surface area contributed by atoms with Crippen LogP contribution < -0.4 is 5.73 Å². The van der Waals surface area contributed by atoms with Crippen molar-refractivity contribution in [2.45, 2.75) is 50.2 Å². The molecule has 3 atom stereocenters. The molecular weight excluding hydrogens is 164 g/mol. The van der Waals surface area contributed by atoms with Crippen LogP contribution in [0.5, 0.6) is 0 Å². The summed E-state index contributed by atoms with van der Waals surface area (Å²) in [6.45, 7) is 1.49. The second kappa shape index (κ2) is 3.95. The normalized spacial score (nSPS) is 41.5. The minimum Gasteiger partial charge on any atom is -0.395 e. The van der Waals surface area contributed by atoms with Crippen molar-refractivity contribution >= 4 is 0 Å². The molecule has 2 fully saturated rings. The molecule has 1 saturated heterocycles. The number of aliphatic hydroxyl groups excluding tert-OH is 1. The molecule has 0 spiro atoms. The summed E-state index contributed by atoms with van der Waals surface area (Å²) in [5, 5.41) is 9.19.